The number of nitrogens with one attached hydrogen (secondary N) is 2. The van der Waals surface area contributed by atoms with Crippen LogP contribution in [0.15, 0.2) is 47.3 Å². The number of aromatic amines is 1. The molecule has 3 rings (SSSR count). The summed E-state index contributed by atoms with van der Waals surface area (Å²) in [5.41, 5.74) is 1.61. The van der Waals surface area contributed by atoms with Crippen molar-refractivity contribution in [1.29, 1.82) is 0 Å². The fraction of sp³-hybridized carbons (Fsp3) is 0.286. The van der Waals surface area contributed by atoms with E-state index in [1.54, 1.807) is 24.3 Å². The van der Waals surface area contributed by atoms with Gasteiger partial charge in [-0.1, -0.05) is 29.8 Å². The Morgan fingerprint density at radius 1 is 1.24 bits per heavy atom. The first-order valence-corrected chi connectivity index (χ1v) is 10.1. The molecule has 0 aliphatic carbocycles. The number of nitrogens with zero attached hydrogens (tertiary/aromatic N) is 2. The van der Waals surface area contributed by atoms with Crippen molar-refractivity contribution < 1.29 is 4.79 Å². The highest BCUT2D eigenvalue weighted by molar-refractivity contribution is 7.71. The average molecular weight is 431 g/mol. The number of aromatic nitrogens is 2. The molecule has 0 bridgehead atoms. The summed E-state index contributed by atoms with van der Waals surface area (Å²) in [7, 11) is 3.98. The molecule has 3 aromatic rings. The monoisotopic (exact) mass is 430 g/mol. The van der Waals surface area contributed by atoms with Crippen molar-refractivity contribution in [2.75, 3.05) is 27.2 Å². The zero-order valence-electron chi connectivity index (χ0n) is 16.4. The lowest BCUT2D eigenvalue weighted by molar-refractivity contribution is 0.0952. The number of hydrogen-bond acceptors (Lipinski definition) is 4. The SMILES string of the molecule is CN(C)CCCNC(=O)c1ccc2c(=O)n(Cc3ccccc3Cl)c(=S)[nH]c2c1. The quantitative estimate of drug-likeness (QED) is 0.445. The van der Waals surface area contributed by atoms with E-state index in [2.05, 4.69) is 15.2 Å². The van der Waals surface area contributed by atoms with E-state index in [0.29, 0.717) is 28.0 Å². The average Bonchev–Trinajstić information content (AvgIpc) is 2.69. The van der Waals surface area contributed by atoms with Gasteiger partial charge in [-0.3, -0.25) is 14.2 Å². The van der Waals surface area contributed by atoms with Crippen molar-refractivity contribution in [2.24, 2.45) is 0 Å². The molecule has 1 amide bonds. The Balaban J connectivity index is 1.86. The number of hydrogen-bond donors (Lipinski definition) is 2. The van der Waals surface area contributed by atoms with Crippen molar-refractivity contribution in [3.05, 3.63) is 73.7 Å². The van der Waals surface area contributed by atoms with E-state index >= 15 is 0 Å². The standard InChI is InChI=1S/C21H23ClN4O2S/c1-25(2)11-5-10-23-19(27)14-8-9-16-18(12-14)24-21(29)26(20(16)28)13-15-6-3-4-7-17(15)22/h3-4,6-9,12H,5,10-11,13H2,1-2H3,(H,23,27)(H,24,29). The third kappa shape index (κ3) is 5.12. The van der Waals surface area contributed by atoms with Gasteiger partial charge in [-0.15, -0.1) is 0 Å². The molecule has 29 heavy (non-hydrogen) atoms. The lowest BCUT2D eigenvalue weighted by atomic mass is 10.1. The van der Waals surface area contributed by atoms with Crippen LogP contribution in [0.4, 0.5) is 0 Å². The van der Waals surface area contributed by atoms with Gasteiger partial charge in [-0.2, -0.15) is 0 Å². The van der Waals surface area contributed by atoms with Gasteiger partial charge >= 0.3 is 0 Å². The van der Waals surface area contributed by atoms with Crippen LogP contribution < -0.4 is 10.9 Å². The number of carbonyl (C=O) groups excluding carboxylic acids is 1. The fourth-order valence-corrected chi connectivity index (χ4v) is 3.49. The van der Waals surface area contributed by atoms with E-state index < -0.39 is 0 Å². The third-order valence-corrected chi connectivity index (χ3v) is 5.29. The number of benzene rings is 2. The van der Waals surface area contributed by atoms with E-state index in [4.69, 9.17) is 23.8 Å². The second-order valence-corrected chi connectivity index (χ2v) is 7.88. The molecule has 0 atom stereocenters. The first kappa shape index (κ1) is 21.2. The van der Waals surface area contributed by atoms with E-state index in [-0.39, 0.29) is 22.8 Å². The molecular weight excluding hydrogens is 408 g/mol. The molecule has 2 aromatic carbocycles. The van der Waals surface area contributed by atoms with Gasteiger partial charge in [-0.05, 0) is 69.1 Å². The molecule has 0 saturated heterocycles. The summed E-state index contributed by atoms with van der Waals surface area (Å²) >= 11 is 11.6. The highest BCUT2D eigenvalue weighted by atomic mass is 35.5. The second-order valence-electron chi connectivity index (χ2n) is 7.09. The fourth-order valence-electron chi connectivity index (χ4n) is 3.04. The molecule has 2 N–H and O–H groups in total. The van der Waals surface area contributed by atoms with Gasteiger partial charge in [0.1, 0.15) is 0 Å². The molecular formula is C21H23ClN4O2S. The smallest absolute Gasteiger partial charge is 0.262 e. The van der Waals surface area contributed by atoms with E-state index in [9.17, 15) is 9.59 Å². The summed E-state index contributed by atoms with van der Waals surface area (Å²) in [5, 5.41) is 3.94. The Hall–Kier alpha value is -2.48. The van der Waals surface area contributed by atoms with Gasteiger partial charge in [0.05, 0.1) is 17.4 Å². The summed E-state index contributed by atoms with van der Waals surface area (Å²) in [6.07, 6.45) is 0.863. The molecule has 0 unspecified atom stereocenters. The number of halogens is 1. The predicted molar refractivity (Wildman–Crippen MR) is 119 cm³/mol. The lowest BCUT2D eigenvalue weighted by Crippen LogP contribution is -2.27. The highest BCUT2D eigenvalue weighted by Gasteiger charge is 2.11. The maximum Gasteiger partial charge on any atom is 0.262 e. The minimum atomic E-state index is -0.221. The van der Waals surface area contributed by atoms with Crippen molar-refractivity contribution in [2.45, 2.75) is 13.0 Å². The molecule has 0 radical (unpaired) electrons. The first-order chi connectivity index (χ1) is 13.9. The Morgan fingerprint density at radius 3 is 2.72 bits per heavy atom. The van der Waals surface area contributed by atoms with Gasteiger partial charge in [0, 0.05) is 17.1 Å². The predicted octanol–water partition coefficient (Wildman–Crippen LogP) is 3.44. The maximum atomic E-state index is 12.9. The molecule has 0 aliphatic heterocycles. The number of amides is 1. The number of carbonyl (C=O) groups is 1. The number of H-pyrrole nitrogens is 1. The molecule has 1 aromatic heterocycles. The maximum absolute atomic E-state index is 12.9. The lowest BCUT2D eigenvalue weighted by Gasteiger charge is -2.11. The summed E-state index contributed by atoms with van der Waals surface area (Å²) in [5.74, 6) is -0.176. The minimum absolute atomic E-state index is 0.176. The Bertz CT molecular complexity index is 1150. The van der Waals surface area contributed by atoms with Crippen LogP contribution in [0.2, 0.25) is 5.02 Å². The van der Waals surface area contributed by atoms with Gasteiger partial charge in [0.15, 0.2) is 4.77 Å². The van der Waals surface area contributed by atoms with Crippen molar-refractivity contribution in [1.82, 2.24) is 19.8 Å². The van der Waals surface area contributed by atoms with E-state index in [0.717, 1.165) is 18.5 Å². The van der Waals surface area contributed by atoms with Crippen molar-refractivity contribution in [3.63, 3.8) is 0 Å². The summed E-state index contributed by atoms with van der Waals surface area (Å²) in [6, 6.07) is 12.3. The molecule has 152 valence electrons. The summed E-state index contributed by atoms with van der Waals surface area (Å²) in [6.45, 7) is 1.76. The van der Waals surface area contributed by atoms with Gasteiger partial charge in [0.25, 0.3) is 11.5 Å². The van der Waals surface area contributed by atoms with Crippen LogP contribution in [0.1, 0.15) is 22.3 Å². The Morgan fingerprint density at radius 2 is 2.00 bits per heavy atom. The largest absolute Gasteiger partial charge is 0.352 e. The van der Waals surface area contributed by atoms with Gasteiger partial charge in [0.2, 0.25) is 0 Å². The normalized spacial score (nSPS) is 11.2. The van der Waals surface area contributed by atoms with Gasteiger partial charge in [-0.25, -0.2) is 0 Å². The van der Waals surface area contributed by atoms with Crippen LogP contribution in [-0.4, -0.2) is 47.5 Å². The molecule has 1 heterocycles. The van der Waals surface area contributed by atoms with Crippen molar-refractivity contribution in [3.8, 4) is 0 Å². The van der Waals surface area contributed by atoms with Crippen LogP contribution in [0.25, 0.3) is 10.9 Å². The van der Waals surface area contributed by atoms with Crippen LogP contribution in [0, 0.1) is 4.77 Å². The number of rotatable bonds is 7. The third-order valence-electron chi connectivity index (χ3n) is 4.60. The topological polar surface area (TPSA) is 70.1 Å². The van der Waals surface area contributed by atoms with Crippen LogP contribution in [0.5, 0.6) is 0 Å². The molecule has 0 saturated carbocycles. The number of fused-ring (bicyclic) bond motifs is 1. The minimum Gasteiger partial charge on any atom is -0.352 e. The second kappa shape index (κ2) is 9.35. The Kier molecular flexibility index (Phi) is 6.84. The van der Waals surface area contributed by atoms with E-state index in [1.807, 2.05) is 32.3 Å². The molecule has 6 nitrogen and oxygen atoms in total. The molecule has 8 heteroatoms. The Labute approximate surface area is 179 Å². The molecule has 0 spiro atoms. The van der Waals surface area contributed by atoms with Crippen LogP contribution >= 0.6 is 23.8 Å². The molecule has 0 fully saturated rings. The molecule has 0 aliphatic rings. The van der Waals surface area contributed by atoms with E-state index in [1.165, 1.54) is 4.57 Å². The zero-order valence-corrected chi connectivity index (χ0v) is 17.9. The zero-order chi connectivity index (χ0) is 21.0. The van der Waals surface area contributed by atoms with Crippen LogP contribution in [0.3, 0.4) is 0 Å². The van der Waals surface area contributed by atoms with Crippen molar-refractivity contribution >= 4 is 40.6 Å². The summed E-state index contributed by atoms with van der Waals surface area (Å²) in [4.78, 5) is 30.5. The first-order valence-electron chi connectivity index (χ1n) is 9.30. The van der Waals surface area contributed by atoms with Gasteiger partial charge < -0.3 is 15.2 Å². The summed E-state index contributed by atoms with van der Waals surface area (Å²) < 4.78 is 1.76. The highest BCUT2D eigenvalue weighted by Crippen LogP contribution is 2.17. The van der Waals surface area contributed by atoms with Crippen LogP contribution in [-0.2, 0) is 6.54 Å².